The Bertz CT molecular complexity index is 449. The van der Waals surface area contributed by atoms with Gasteiger partial charge in [-0.25, -0.2) is 0 Å². The first-order valence-electron chi connectivity index (χ1n) is 7.21. The molecule has 3 nitrogen and oxygen atoms in total. The molecule has 1 rings (SSSR count). The fraction of sp³-hybridized carbons (Fsp3) is 0.588. The Morgan fingerprint density at radius 3 is 2.70 bits per heavy atom. The van der Waals surface area contributed by atoms with Gasteiger partial charge in [0.25, 0.3) is 0 Å². The molecule has 0 aliphatic heterocycles. The lowest BCUT2D eigenvalue weighted by molar-refractivity contribution is 0.302. The van der Waals surface area contributed by atoms with Gasteiger partial charge >= 0.3 is 0 Å². The molecular formula is C17H26N2O. The number of benzene rings is 1. The molecule has 0 aromatic heterocycles. The predicted molar refractivity (Wildman–Crippen MR) is 82.8 cm³/mol. The minimum atomic E-state index is 0.158. The smallest absolute Gasteiger partial charge is 0.122 e. The second kappa shape index (κ2) is 7.91. The van der Waals surface area contributed by atoms with Crippen LogP contribution in [0.5, 0.6) is 5.75 Å². The van der Waals surface area contributed by atoms with Crippen LogP contribution < -0.4 is 10.1 Å². The summed E-state index contributed by atoms with van der Waals surface area (Å²) in [4.78, 5) is 0. The molecule has 0 bridgehead atoms. The quantitative estimate of drug-likeness (QED) is 0.788. The van der Waals surface area contributed by atoms with E-state index in [-0.39, 0.29) is 5.41 Å². The van der Waals surface area contributed by atoms with Crippen LogP contribution in [0.25, 0.3) is 0 Å². The van der Waals surface area contributed by atoms with Gasteiger partial charge < -0.3 is 10.1 Å². The van der Waals surface area contributed by atoms with Crippen molar-refractivity contribution in [3.8, 4) is 11.8 Å². The summed E-state index contributed by atoms with van der Waals surface area (Å²) in [7, 11) is 1.71. The van der Waals surface area contributed by atoms with Crippen LogP contribution in [0.15, 0.2) is 24.3 Å². The van der Waals surface area contributed by atoms with Crippen molar-refractivity contribution in [2.75, 3.05) is 13.7 Å². The summed E-state index contributed by atoms with van der Waals surface area (Å²) in [5.74, 6) is 0.949. The molecule has 3 heteroatoms. The topological polar surface area (TPSA) is 45.0 Å². The van der Waals surface area contributed by atoms with Crippen LogP contribution in [0.3, 0.4) is 0 Å². The van der Waals surface area contributed by atoms with E-state index in [1.165, 1.54) is 5.56 Å². The van der Waals surface area contributed by atoms with E-state index < -0.39 is 0 Å². The third kappa shape index (κ3) is 5.63. The molecule has 0 aliphatic carbocycles. The molecule has 20 heavy (non-hydrogen) atoms. The number of nitriles is 1. The van der Waals surface area contributed by atoms with Crippen molar-refractivity contribution in [2.45, 2.75) is 46.1 Å². The summed E-state index contributed by atoms with van der Waals surface area (Å²) >= 11 is 0. The first-order chi connectivity index (χ1) is 9.48. The Morgan fingerprint density at radius 2 is 2.05 bits per heavy atom. The molecular weight excluding hydrogens is 248 g/mol. The fourth-order valence-electron chi connectivity index (χ4n) is 2.21. The maximum absolute atomic E-state index is 8.68. The molecule has 0 heterocycles. The van der Waals surface area contributed by atoms with Crippen molar-refractivity contribution in [2.24, 2.45) is 5.41 Å². The predicted octanol–water partition coefficient (Wildman–Crippen LogP) is 3.55. The summed E-state index contributed by atoms with van der Waals surface area (Å²) in [6.07, 6.45) is 2.49. The Morgan fingerprint density at radius 1 is 1.35 bits per heavy atom. The van der Waals surface area contributed by atoms with Crippen LogP contribution in [-0.2, 0) is 6.42 Å². The maximum Gasteiger partial charge on any atom is 0.122 e. The number of hydrogen-bond donors (Lipinski definition) is 1. The normalized spacial score (nSPS) is 12.8. The second-order valence-electron chi connectivity index (χ2n) is 6.12. The summed E-state index contributed by atoms with van der Waals surface area (Å²) in [5.41, 5.74) is 1.38. The zero-order chi connectivity index (χ0) is 15.0. The van der Waals surface area contributed by atoms with Gasteiger partial charge in [-0.15, -0.1) is 0 Å². The molecule has 0 amide bonds. The van der Waals surface area contributed by atoms with Gasteiger partial charge in [-0.3, -0.25) is 0 Å². The van der Waals surface area contributed by atoms with Crippen LogP contribution in [0.1, 0.15) is 39.2 Å². The molecule has 0 saturated carbocycles. The largest absolute Gasteiger partial charge is 0.496 e. The monoisotopic (exact) mass is 274 g/mol. The number of methoxy groups -OCH3 is 1. The lowest BCUT2D eigenvalue weighted by Crippen LogP contribution is -2.36. The number of hydrogen-bond acceptors (Lipinski definition) is 3. The molecule has 1 atom stereocenters. The van der Waals surface area contributed by atoms with Gasteiger partial charge in [0.1, 0.15) is 5.75 Å². The summed E-state index contributed by atoms with van der Waals surface area (Å²) in [6, 6.07) is 10.7. The average Bonchev–Trinajstić information content (AvgIpc) is 2.44. The lowest BCUT2D eigenvalue weighted by atomic mass is 9.87. The highest BCUT2D eigenvalue weighted by molar-refractivity contribution is 5.33. The number of ether oxygens (including phenoxy) is 1. The van der Waals surface area contributed by atoms with E-state index in [0.717, 1.165) is 25.1 Å². The SMILES string of the molecule is COc1ccccc1CC(C)NCC(C)(C)CCC#N. The molecule has 0 aliphatic rings. The second-order valence-corrected chi connectivity index (χ2v) is 6.12. The molecule has 1 unspecified atom stereocenters. The highest BCUT2D eigenvalue weighted by Gasteiger charge is 2.18. The molecule has 0 spiro atoms. The van der Waals surface area contributed by atoms with Crippen LogP contribution in [0, 0.1) is 16.7 Å². The van der Waals surface area contributed by atoms with Crippen molar-refractivity contribution >= 4 is 0 Å². The van der Waals surface area contributed by atoms with Crippen molar-refractivity contribution in [3.05, 3.63) is 29.8 Å². The average molecular weight is 274 g/mol. The molecule has 1 N–H and O–H groups in total. The molecule has 0 fully saturated rings. The fourth-order valence-corrected chi connectivity index (χ4v) is 2.21. The summed E-state index contributed by atoms with van der Waals surface area (Å²) < 4.78 is 5.38. The first kappa shape index (κ1) is 16.5. The van der Waals surface area contributed by atoms with Gasteiger partial charge in [-0.05, 0) is 36.8 Å². The van der Waals surface area contributed by atoms with Crippen molar-refractivity contribution in [1.82, 2.24) is 5.32 Å². The Labute approximate surface area is 123 Å². The zero-order valence-corrected chi connectivity index (χ0v) is 13.1. The van der Waals surface area contributed by atoms with E-state index in [0.29, 0.717) is 12.5 Å². The van der Waals surface area contributed by atoms with Crippen molar-refractivity contribution in [3.63, 3.8) is 0 Å². The third-order valence-corrected chi connectivity index (χ3v) is 3.56. The highest BCUT2D eigenvalue weighted by atomic mass is 16.5. The minimum absolute atomic E-state index is 0.158. The zero-order valence-electron chi connectivity index (χ0n) is 13.1. The number of rotatable bonds is 8. The van der Waals surface area contributed by atoms with E-state index in [9.17, 15) is 0 Å². The number of nitrogens with one attached hydrogen (secondary N) is 1. The minimum Gasteiger partial charge on any atom is -0.496 e. The molecule has 1 aromatic carbocycles. The van der Waals surface area contributed by atoms with Gasteiger partial charge in [0.2, 0.25) is 0 Å². The molecule has 0 radical (unpaired) electrons. The Hall–Kier alpha value is -1.53. The maximum atomic E-state index is 8.68. The van der Waals surface area contributed by atoms with Gasteiger partial charge in [0, 0.05) is 19.0 Å². The molecule has 0 saturated heterocycles. The van der Waals surface area contributed by atoms with Gasteiger partial charge in [0.15, 0.2) is 0 Å². The van der Waals surface area contributed by atoms with E-state index in [1.807, 2.05) is 18.2 Å². The van der Waals surface area contributed by atoms with Gasteiger partial charge in [0.05, 0.1) is 13.2 Å². The van der Waals surface area contributed by atoms with Crippen LogP contribution in [0.4, 0.5) is 0 Å². The third-order valence-electron chi connectivity index (χ3n) is 3.56. The Balaban J connectivity index is 2.48. The van der Waals surface area contributed by atoms with Crippen molar-refractivity contribution in [1.29, 1.82) is 5.26 Å². The van der Waals surface area contributed by atoms with Crippen LogP contribution in [-0.4, -0.2) is 19.7 Å². The standard InChI is InChI=1S/C17H26N2O/c1-14(19-13-17(2,3)10-7-11-18)12-15-8-5-6-9-16(15)20-4/h5-6,8-9,14,19H,7,10,12-13H2,1-4H3. The van der Waals surface area contributed by atoms with E-state index >= 15 is 0 Å². The highest BCUT2D eigenvalue weighted by Crippen LogP contribution is 2.22. The molecule has 1 aromatic rings. The lowest BCUT2D eigenvalue weighted by Gasteiger charge is -2.26. The van der Waals surface area contributed by atoms with Gasteiger partial charge in [-0.1, -0.05) is 32.0 Å². The van der Waals surface area contributed by atoms with Crippen LogP contribution in [0.2, 0.25) is 0 Å². The van der Waals surface area contributed by atoms with E-state index in [4.69, 9.17) is 10.00 Å². The van der Waals surface area contributed by atoms with Gasteiger partial charge in [-0.2, -0.15) is 5.26 Å². The van der Waals surface area contributed by atoms with Crippen LogP contribution >= 0.6 is 0 Å². The van der Waals surface area contributed by atoms with Crippen molar-refractivity contribution < 1.29 is 4.74 Å². The van der Waals surface area contributed by atoms with E-state index in [2.05, 4.69) is 38.2 Å². The van der Waals surface area contributed by atoms with E-state index in [1.54, 1.807) is 7.11 Å². The molecule has 110 valence electrons. The Kier molecular flexibility index (Phi) is 6.54. The summed E-state index contributed by atoms with van der Waals surface area (Å²) in [5, 5.41) is 12.2. The number of para-hydroxylation sites is 1. The first-order valence-corrected chi connectivity index (χ1v) is 7.21. The summed E-state index contributed by atoms with van der Waals surface area (Å²) in [6.45, 7) is 7.51. The number of nitrogens with zero attached hydrogens (tertiary/aromatic N) is 1.